The minimum Gasteiger partial charge on any atom is -0.481 e. The summed E-state index contributed by atoms with van der Waals surface area (Å²) < 4.78 is 0. The van der Waals surface area contributed by atoms with Crippen LogP contribution in [0.15, 0.2) is 36.0 Å². The normalized spacial score (nSPS) is 51.7. The third-order valence-corrected chi connectivity index (χ3v) is 8.86. The van der Waals surface area contributed by atoms with E-state index >= 15 is 0 Å². The summed E-state index contributed by atoms with van der Waals surface area (Å²) in [5, 5.41) is 20.6. The first-order valence-electron chi connectivity index (χ1n) is 10.3. The Bertz CT molecular complexity index is 822. The number of allylic oxidation sites excluding steroid dienone is 5. The molecule has 144 valence electrons. The second kappa shape index (κ2) is 5.22. The lowest BCUT2D eigenvalue weighted by molar-refractivity contribution is -0.140. The van der Waals surface area contributed by atoms with Gasteiger partial charge in [-0.2, -0.15) is 0 Å². The minimum atomic E-state index is -0.933. The molecule has 3 saturated carbocycles. The van der Waals surface area contributed by atoms with Gasteiger partial charge < -0.3 is 10.2 Å². The predicted molar refractivity (Wildman–Crippen MR) is 101 cm³/mol. The number of carboxylic acid groups (broad SMARTS) is 1. The molecule has 5 aliphatic carbocycles. The van der Waals surface area contributed by atoms with Gasteiger partial charge in [-0.05, 0) is 67.4 Å². The maximum atomic E-state index is 12.0. The van der Waals surface area contributed by atoms with Crippen molar-refractivity contribution in [2.24, 2.45) is 40.4 Å². The Morgan fingerprint density at radius 2 is 2.07 bits per heavy atom. The molecule has 0 amide bonds. The molecule has 27 heavy (non-hydrogen) atoms. The molecule has 0 heterocycles. The highest BCUT2D eigenvalue weighted by atomic mass is 16.4. The molecule has 5 aliphatic rings. The van der Waals surface area contributed by atoms with Crippen molar-refractivity contribution in [3.05, 3.63) is 36.0 Å². The number of carbonyl (C=O) groups is 2. The predicted octanol–water partition coefficient (Wildman–Crippen LogP) is 3.52. The summed E-state index contributed by atoms with van der Waals surface area (Å²) in [5.74, 6) is 1.62. The number of aliphatic hydroxyl groups is 1. The van der Waals surface area contributed by atoms with Crippen molar-refractivity contribution in [2.75, 3.05) is 0 Å². The Labute approximate surface area is 160 Å². The maximum absolute atomic E-state index is 12.0. The van der Waals surface area contributed by atoms with E-state index in [0.717, 1.165) is 12.8 Å². The molecule has 0 spiro atoms. The number of hydrogen-bond acceptors (Lipinski definition) is 3. The van der Waals surface area contributed by atoms with Gasteiger partial charge in [0, 0.05) is 17.3 Å². The molecular formula is C23H28O4. The lowest BCUT2D eigenvalue weighted by atomic mass is 9.50. The van der Waals surface area contributed by atoms with Crippen molar-refractivity contribution in [1.82, 2.24) is 0 Å². The molecular weight excluding hydrogens is 340 g/mol. The van der Waals surface area contributed by atoms with Gasteiger partial charge in [0.15, 0.2) is 5.78 Å². The van der Waals surface area contributed by atoms with Gasteiger partial charge in [0.1, 0.15) is 0 Å². The number of fused-ring (bicyclic) bond motifs is 8. The van der Waals surface area contributed by atoms with Crippen LogP contribution in [-0.4, -0.2) is 27.6 Å². The molecule has 0 aliphatic heterocycles. The smallest absolute Gasteiger partial charge is 0.303 e. The van der Waals surface area contributed by atoms with E-state index in [1.807, 2.05) is 6.08 Å². The number of ketones is 1. The Balaban J connectivity index is 1.54. The first kappa shape index (κ1) is 17.4. The highest BCUT2D eigenvalue weighted by Gasteiger charge is 2.68. The number of hydrogen-bond donors (Lipinski definition) is 2. The number of aliphatic carboxylic acids is 1. The van der Waals surface area contributed by atoms with E-state index < -0.39 is 11.6 Å². The molecule has 4 nitrogen and oxygen atoms in total. The number of carbonyl (C=O) groups excluding carboxylic acids is 1. The summed E-state index contributed by atoms with van der Waals surface area (Å²) in [6, 6.07) is 0. The van der Waals surface area contributed by atoms with E-state index in [1.54, 1.807) is 6.08 Å². The molecule has 0 unspecified atom stereocenters. The van der Waals surface area contributed by atoms with Gasteiger partial charge in [-0.25, -0.2) is 0 Å². The Morgan fingerprint density at radius 1 is 1.30 bits per heavy atom. The molecule has 0 aromatic heterocycles. The lowest BCUT2D eigenvalue weighted by Gasteiger charge is -2.55. The minimum absolute atomic E-state index is 0.0161. The zero-order valence-electron chi connectivity index (χ0n) is 16.0. The summed E-state index contributed by atoms with van der Waals surface area (Å²) in [4.78, 5) is 23.1. The fraction of sp³-hybridized carbons (Fsp3) is 0.652. The van der Waals surface area contributed by atoms with Crippen LogP contribution >= 0.6 is 0 Å². The van der Waals surface area contributed by atoms with Crippen LogP contribution in [0, 0.1) is 40.4 Å². The van der Waals surface area contributed by atoms with Crippen molar-refractivity contribution in [3.8, 4) is 0 Å². The standard InChI is InChI=1S/C23H28O4/c1-21-7-3-13(24)11-18(21)14-12-15(14)20-16(21)4-8-22(2)17(20)5-9-23(22,27)10-6-19(25)26/h3-4,7-8,11,14-17,20,27H,5-6,9-10,12H2,1-2H3,(H,25,26)/t14-,15+,16-,17-,20+,21+,22-,23+/m0/s1. The van der Waals surface area contributed by atoms with Gasteiger partial charge in [-0.15, -0.1) is 0 Å². The Morgan fingerprint density at radius 3 is 2.81 bits per heavy atom. The molecule has 0 bridgehead atoms. The second-order valence-corrected chi connectivity index (χ2v) is 9.94. The average Bonchev–Trinajstić information content (AvgIpc) is 3.35. The molecule has 2 N–H and O–H groups in total. The molecule has 3 fully saturated rings. The molecule has 0 aromatic rings. The topological polar surface area (TPSA) is 74.6 Å². The Hall–Kier alpha value is -1.68. The molecule has 8 atom stereocenters. The zero-order chi connectivity index (χ0) is 19.2. The second-order valence-electron chi connectivity index (χ2n) is 9.94. The van der Waals surface area contributed by atoms with Crippen LogP contribution in [0.5, 0.6) is 0 Å². The van der Waals surface area contributed by atoms with Crippen molar-refractivity contribution in [1.29, 1.82) is 0 Å². The van der Waals surface area contributed by atoms with Crippen molar-refractivity contribution in [2.45, 2.75) is 51.6 Å². The highest BCUT2D eigenvalue weighted by Crippen LogP contribution is 2.72. The monoisotopic (exact) mass is 368 g/mol. The van der Waals surface area contributed by atoms with Crippen LogP contribution in [0.25, 0.3) is 0 Å². The van der Waals surface area contributed by atoms with Gasteiger partial charge >= 0.3 is 5.97 Å². The van der Waals surface area contributed by atoms with Crippen molar-refractivity contribution < 1.29 is 19.8 Å². The van der Waals surface area contributed by atoms with Crippen LogP contribution in [-0.2, 0) is 9.59 Å². The van der Waals surface area contributed by atoms with Crippen LogP contribution in [0.1, 0.15) is 46.0 Å². The summed E-state index contributed by atoms with van der Waals surface area (Å²) in [6.45, 7) is 4.41. The van der Waals surface area contributed by atoms with Gasteiger partial charge in [0.05, 0.1) is 5.60 Å². The molecule has 0 saturated heterocycles. The van der Waals surface area contributed by atoms with Crippen molar-refractivity contribution in [3.63, 3.8) is 0 Å². The van der Waals surface area contributed by atoms with Gasteiger partial charge in [-0.1, -0.05) is 37.6 Å². The van der Waals surface area contributed by atoms with E-state index in [4.69, 9.17) is 5.11 Å². The van der Waals surface area contributed by atoms with Gasteiger partial charge in [-0.3, -0.25) is 9.59 Å². The Kier molecular flexibility index (Phi) is 3.37. The van der Waals surface area contributed by atoms with E-state index in [9.17, 15) is 14.7 Å². The van der Waals surface area contributed by atoms with Gasteiger partial charge in [0.2, 0.25) is 0 Å². The zero-order valence-corrected chi connectivity index (χ0v) is 16.0. The number of carboxylic acids is 1. The quantitative estimate of drug-likeness (QED) is 0.748. The molecule has 5 rings (SSSR count). The van der Waals surface area contributed by atoms with Crippen LogP contribution < -0.4 is 0 Å². The maximum Gasteiger partial charge on any atom is 0.303 e. The highest BCUT2D eigenvalue weighted by molar-refractivity contribution is 6.01. The van der Waals surface area contributed by atoms with Crippen LogP contribution in [0.4, 0.5) is 0 Å². The van der Waals surface area contributed by atoms with Gasteiger partial charge in [0.25, 0.3) is 0 Å². The van der Waals surface area contributed by atoms with E-state index in [0.29, 0.717) is 42.4 Å². The molecule has 0 radical (unpaired) electrons. The fourth-order valence-electron chi connectivity index (χ4n) is 7.25. The third kappa shape index (κ3) is 2.14. The summed E-state index contributed by atoms with van der Waals surface area (Å²) in [7, 11) is 0. The summed E-state index contributed by atoms with van der Waals surface area (Å²) in [6.07, 6.45) is 13.3. The first-order valence-corrected chi connectivity index (χ1v) is 10.3. The van der Waals surface area contributed by atoms with E-state index in [1.165, 1.54) is 5.57 Å². The largest absolute Gasteiger partial charge is 0.481 e. The summed E-state index contributed by atoms with van der Waals surface area (Å²) >= 11 is 0. The van der Waals surface area contributed by atoms with Crippen LogP contribution in [0.3, 0.4) is 0 Å². The average molecular weight is 368 g/mol. The van der Waals surface area contributed by atoms with E-state index in [2.05, 4.69) is 32.1 Å². The fourth-order valence-corrected chi connectivity index (χ4v) is 7.25. The third-order valence-electron chi connectivity index (χ3n) is 8.86. The summed E-state index contributed by atoms with van der Waals surface area (Å²) in [5.41, 5.74) is -0.0796. The SMILES string of the molecule is C[C@]12C=CC(=O)C=C1[C@H]1C[C@H]1[C@@H]1[C@@H]2C=C[C@@]2(C)[C@H]1CC[C@@]2(O)CCC(=O)O. The molecule has 4 heteroatoms. The van der Waals surface area contributed by atoms with Crippen LogP contribution in [0.2, 0.25) is 0 Å². The molecule has 0 aromatic carbocycles. The first-order chi connectivity index (χ1) is 12.7. The number of rotatable bonds is 3. The lowest BCUT2D eigenvalue weighted by Crippen LogP contribution is -2.52. The van der Waals surface area contributed by atoms with E-state index in [-0.39, 0.29) is 23.0 Å². The van der Waals surface area contributed by atoms with Crippen molar-refractivity contribution >= 4 is 11.8 Å².